The Balaban J connectivity index is 4.27. The monoisotopic (exact) mass is 835 g/mol. The second-order valence-corrected chi connectivity index (χ2v) is 18.4. The lowest BCUT2D eigenvalue weighted by Gasteiger charge is -2.18. The van der Waals surface area contributed by atoms with Crippen molar-refractivity contribution in [1.82, 2.24) is 0 Å². The summed E-state index contributed by atoms with van der Waals surface area (Å²) >= 11 is 0. The third-order valence-electron chi connectivity index (χ3n) is 12.4. The lowest BCUT2D eigenvalue weighted by Crippen LogP contribution is -2.30. The maximum Gasteiger partial charge on any atom is 0.306 e. The van der Waals surface area contributed by atoms with Crippen LogP contribution in [0.2, 0.25) is 0 Å². The molecule has 1 unspecified atom stereocenters. The largest absolute Gasteiger partial charge is 0.462 e. The van der Waals surface area contributed by atoms with Gasteiger partial charge < -0.3 is 14.2 Å². The zero-order chi connectivity index (χ0) is 43.1. The molecule has 0 aliphatic heterocycles. The van der Waals surface area contributed by atoms with E-state index in [4.69, 9.17) is 14.2 Å². The number of rotatable bonds is 48. The SMILES string of the molecule is CCCCCCCCCCCCCCCCCCCC(=O)OC[C@H](COC(=O)CCCCCCCCC(C)CC)OC(=O)CCCCCCCCCCCCCCCC. The minimum Gasteiger partial charge on any atom is -0.462 e. The topological polar surface area (TPSA) is 78.9 Å². The fourth-order valence-corrected chi connectivity index (χ4v) is 8.01. The predicted molar refractivity (Wildman–Crippen MR) is 252 cm³/mol. The molecule has 0 saturated carbocycles. The minimum atomic E-state index is -0.761. The van der Waals surface area contributed by atoms with Crippen LogP contribution in [0.4, 0.5) is 0 Å². The van der Waals surface area contributed by atoms with E-state index in [2.05, 4.69) is 27.7 Å². The Morgan fingerprint density at radius 2 is 0.593 bits per heavy atom. The first kappa shape index (κ1) is 57.4. The van der Waals surface area contributed by atoms with E-state index in [1.165, 1.54) is 193 Å². The Morgan fingerprint density at radius 1 is 0.339 bits per heavy atom. The summed E-state index contributed by atoms with van der Waals surface area (Å²) < 4.78 is 16.8. The molecule has 0 spiro atoms. The van der Waals surface area contributed by atoms with Gasteiger partial charge in [0.1, 0.15) is 13.2 Å². The molecule has 0 aliphatic carbocycles. The van der Waals surface area contributed by atoms with Crippen LogP contribution in [-0.4, -0.2) is 37.2 Å². The van der Waals surface area contributed by atoms with Gasteiger partial charge in [-0.25, -0.2) is 0 Å². The number of hydrogen-bond donors (Lipinski definition) is 0. The van der Waals surface area contributed by atoms with E-state index in [0.717, 1.165) is 63.7 Å². The van der Waals surface area contributed by atoms with Crippen LogP contribution in [0, 0.1) is 5.92 Å². The Kier molecular flexibility index (Phi) is 46.2. The van der Waals surface area contributed by atoms with Crippen molar-refractivity contribution < 1.29 is 28.6 Å². The highest BCUT2D eigenvalue weighted by molar-refractivity contribution is 5.71. The fourth-order valence-electron chi connectivity index (χ4n) is 8.01. The van der Waals surface area contributed by atoms with Crippen LogP contribution >= 0.6 is 0 Å². The zero-order valence-corrected chi connectivity index (χ0v) is 40.2. The molecule has 0 heterocycles. The van der Waals surface area contributed by atoms with Gasteiger partial charge in [0, 0.05) is 19.3 Å². The van der Waals surface area contributed by atoms with E-state index in [9.17, 15) is 14.4 Å². The van der Waals surface area contributed by atoms with E-state index >= 15 is 0 Å². The van der Waals surface area contributed by atoms with Crippen molar-refractivity contribution in [2.24, 2.45) is 5.92 Å². The van der Waals surface area contributed by atoms with Gasteiger partial charge in [0.25, 0.3) is 0 Å². The van der Waals surface area contributed by atoms with Crippen LogP contribution < -0.4 is 0 Å². The van der Waals surface area contributed by atoms with Gasteiger partial charge in [-0.3, -0.25) is 14.4 Å². The van der Waals surface area contributed by atoms with Crippen molar-refractivity contribution in [3.8, 4) is 0 Å². The molecule has 2 atom stereocenters. The fraction of sp³-hybridized carbons (Fsp3) is 0.943. The minimum absolute atomic E-state index is 0.0633. The third kappa shape index (κ3) is 45.8. The summed E-state index contributed by atoms with van der Waals surface area (Å²) in [6.45, 7) is 9.00. The average Bonchev–Trinajstić information content (AvgIpc) is 3.23. The van der Waals surface area contributed by atoms with E-state index < -0.39 is 6.10 Å². The molecule has 0 bridgehead atoms. The number of carbonyl (C=O) groups excluding carboxylic acids is 3. The summed E-state index contributed by atoms with van der Waals surface area (Å²) in [5, 5.41) is 0. The van der Waals surface area contributed by atoms with Crippen molar-refractivity contribution in [3.63, 3.8) is 0 Å². The summed E-state index contributed by atoms with van der Waals surface area (Å²) in [5.41, 5.74) is 0. The molecule has 0 aromatic rings. The van der Waals surface area contributed by atoms with E-state index in [1.807, 2.05) is 0 Å². The quantitative estimate of drug-likeness (QED) is 0.0345. The van der Waals surface area contributed by atoms with Gasteiger partial charge in [0.05, 0.1) is 0 Å². The highest BCUT2D eigenvalue weighted by Gasteiger charge is 2.19. The second kappa shape index (κ2) is 47.5. The van der Waals surface area contributed by atoms with Crippen molar-refractivity contribution in [3.05, 3.63) is 0 Å². The average molecular weight is 835 g/mol. The normalized spacial score (nSPS) is 12.4. The lowest BCUT2D eigenvalue weighted by atomic mass is 10.00. The maximum atomic E-state index is 12.8. The van der Waals surface area contributed by atoms with Gasteiger partial charge in [0.2, 0.25) is 0 Å². The molecule has 6 heteroatoms. The van der Waals surface area contributed by atoms with Gasteiger partial charge >= 0.3 is 17.9 Å². The van der Waals surface area contributed by atoms with E-state index in [1.54, 1.807) is 0 Å². The molecular formula is C53H102O6. The molecule has 0 aromatic heterocycles. The van der Waals surface area contributed by atoms with Gasteiger partial charge in [-0.15, -0.1) is 0 Å². The highest BCUT2D eigenvalue weighted by Crippen LogP contribution is 2.18. The Labute approximate surface area is 368 Å². The smallest absolute Gasteiger partial charge is 0.306 e. The van der Waals surface area contributed by atoms with Gasteiger partial charge in [0.15, 0.2) is 6.10 Å². The van der Waals surface area contributed by atoms with Crippen molar-refractivity contribution in [2.45, 2.75) is 303 Å². The first-order valence-electron chi connectivity index (χ1n) is 26.4. The number of hydrogen-bond acceptors (Lipinski definition) is 6. The van der Waals surface area contributed by atoms with Gasteiger partial charge in [-0.05, 0) is 25.2 Å². The van der Waals surface area contributed by atoms with E-state index in [-0.39, 0.29) is 31.1 Å². The third-order valence-corrected chi connectivity index (χ3v) is 12.4. The van der Waals surface area contributed by atoms with Crippen LogP contribution in [0.15, 0.2) is 0 Å². The van der Waals surface area contributed by atoms with Crippen molar-refractivity contribution >= 4 is 17.9 Å². The summed E-state index contributed by atoms with van der Waals surface area (Å²) in [6, 6.07) is 0. The van der Waals surface area contributed by atoms with E-state index in [0.29, 0.717) is 19.3 Å². The summed E-state index contributed by atoms with van der Waals surface area (Å²) in [4.78, 5) is 37.9. The van der Waals surface area contributed by atoms with Gasteiger partial charge in [-0.1, -0.05) is 259 Å². The number of carbonyl (C=O) groups is 3. The Morgan fingerprint density at radius 3 is 0.881 bits per heavy atom. The molecule has 0 rings (SSSR count). The molecular weight excluding hydrogens is 733 g/mol. The summed E-state index contributed by atoms with van der Waals surface area (Å²) in [6.07, 6.45) is 49.5. The first-order valence-corrected chi connectivity index (χ1v) is 26.4. The number of esters is 3. The Hall–Kier alpha value is -1.59. The predicted octanol–water partition coefficient (Wildman–Crippen LogP) is 17.1. The van der Waals surface area contributed by atoms with Crippen LogP contribution in [0.3, 0.4) is 0 Å². The zero-order valence-electron chi connectivity index (χ0n) is 40.2. The maximum absolute atomic E-state index is 12.8. The molecule has 0 aliphatic rings. The molecule has 0 fully saturated rings. The van der Waals surface area contributed by atoms with Crippen molar-refractivity contribution in [1.29, 1.82) is 0 Å². The molecule has 6 nitrogen and oxygen atoms in total. The lowest BCUT2D eigenvalue weighted by molar-refractivity contribution is -0.167. The molecule has 0 radical (unpaired) electrons. The highest BCUT2D eigenvalue weighted by atomic mass is 16.6. The second-order valence-electron chi connectivity index (χ2n) is 18.4. The molecule has 350 valence electrons. The van der Waals surface area contributed by atoms with Crippen LogP contribution in [0.25, 0.3) is 0 Å². The standard InChI is InChI=1S/C53H102O6/c1-5-8-10-12-14-16-18-20-22-23-24-26-27-29-31-36-40-44-51(54)57-47-50(48-58-52(55)45-41-37-34-33-35-39-43-49(4)7-3)59-53(56)46-42-38-32-30-28-25-21-19-17-15-13-11-9-6-2/h49-50H,5-48H2,1-4H3/t49?,50-/m1/s1. The number of unbranched alkanes of at least 4 members (excludes halogenated alkanes) is 34. The van der Waals surface area contributed by atoms with Crippen molar-refractivity contribution in [2.75, 3.05) is 13.2 Å². The molecule has 0 N–H and O–H groups in total. The Bertz CT molecular complexity index is 889. The molecule has 0 saturated heterocycles. The molecule has 59 heavy (non-hydrogen) atoms. The number of ether oxygens (including phenoxy) is 3. The summed E-state index contributed by atoms with van der Waals surface area (Å²) in [7, 11) is 0. The molecule has 0 aromatic carbocycles. The van der Waals surface area contributed by atoms with Gasteiger partial charge in [-0.2, -0.15) is 0 Å². The van der Waals surface area contributed by atoms with Crippen LogP contribution in [-0.2, 0) is 28.6 Å². The first-order chi connectivity index (χ1) is 28.9. The van der Waals surface area contributed by atoms with Crippen LogP contribution in [0.1, 0.15) is 297 Å². The molecule has 0 amide bonds. The van der Waals surface area contributed by atoms with Crippen LogP contribution in [0.5, 0.6) is 0 Å². The summed E-state index contributed by atoms with van der Waals surface area (Å²) in [5.74, 6) is -0.0318.